The largest absolute Gasteiger partial charge is 0.496 e. The number of methoxy groups -OCH3 is 2. The Morgan fingerprint density at radius 1 is 0.900 bits per heavy atom. The molecule has 4 rings (SSSR count). The fourth-order valence-electron chi connectivity index (χ4n) is 3.66. The van der Waals surface area contributed by atoms with Gasteiger partial charge in [-0.05, 0) is 42.5 Å². The third kappa shape index (κ3) is 4.26. The molecule has 5 heteroatoms. The number of rotatable bonds is 6. The van der Waals surface area contributed by atoms with Crippen molar-refractivity contribution >= 4 is 33.4 Å². The smallest absolute Gasteiger partial charge is 0.126 e. The first-order chi connectivity index (χ1) is 14.7. The molecule has 0 bridgehead atoms. The number of ether oxygens (including phenoxy) is 2. The average molecular weight is 463 g/mol. The number of hydrazone groups is 1. The van der Waals surface area contributed by atoms with Crippen LogP contribution in [-0.2, 0) is 0 Å². The molecule has 1 aliphatic rings. The molecule has 3 aromatic rings. The zero-order chi connectivity index (χ0) is 20.9. The summed E-state index contributed by atoms with van der Waals surface area (Å²) in [5, 5.41) is 7.02. The van der Waals surface area contributed by atoms with Crippen molar-refractivity contribution < 1.29 is 9.47 Å². The third-order valence-electron chi connectivity index (χ3n) is 5.10. The second-order valence-corrected chi connectivity index (χ2v) is 7.87. The van der Waals surface area contributed by atoms with E-state index in [2.05, 4.69) is 51.3 Å². The maximum Gasteiger partial charge on any atom is 0.126 e. The van der Waals surface area contributed by atoms with Crippen LogP contribution >= 0.6 is 15.9 Å². The minimum Gasteiger partial charge on any atom is -0.496 e. The molecule has 0 fully saturated rings. The van der Waals surface area contributed by atoms with Crippen LogP contribution < -0.4 is 14.5 Å². The van der Waals surface area contributed by atoms with Gasteiger partial charge in [-0.2, -0.15) is 5.10 Å². The quantitative estimate of drug-likeness (QED) is 0.419. The van der Waals surface area contributed by atoms with Gasteiger partial charge in [-0.25, -0.2) is 0 Å². The molecular weight excluding hydrogens is 440 g/mol. The van der Waals surface area contributed by atoms with Gasteiger partial charge in [0.2, 0.25) is 0 Å². The molecule has 0 amide bonds. The Labute approximate surface area is 185 Å². The lowest BCUT2D eigenvalue weighted by atomic mass is 9.99. The van der Waals surface area contributed by atoms with Crippen LogP contribution in [0.1, 0.15) is 23.6 Å². The summed E-state index contributed by atoms with van der Waals surface area (Å²) >= 11 is 3.58. The predicted molar refractivity (Wildman–Crippen MR) is 126 cm³/mol. The lowest BCUT2D eigenvalue weighted by Gasteiger charge is -2.25. The molecule has 30 heavy (non-hydrogen) atoms. The highest BCUT2D eigenvalue weighted by atomic mass is 79.9. The molecule has 4 nitrogen and oxygen atoms in total. The first kappa shape index (κ1) is 20.2. The van der Waals surface area contributed by atoms with E-state index in [4.69, 9.17) is 14.6 Å². The molecule has 0 N–H and O–H groups in total. The summed E-state index contributed by atoms with van der Waals surface area (Å²) in [5.41, 5.74) is 4.17. The topological polar surface area (TPSA) is 34.1 Å². The molecule has 1 aliphatic heterocycles. The zero-order valence-corrected chi connectivity index (χ0v) is 18.5. The molecule has 0 aromatic heterocycles. The van der Waals surface area contributed by atoms with E-state index >= 15 is 0 Å². The summed E-state index contributed by atoms with van der Waals surface area (Å²) in [7, 11) is 3.40. The normalized spacial score (nSPS) is 16.0. The molecule has 0 unspecified atom stereocenters. The number of para-hydroxylation sites is 2. The highest BCUT2D eigenvalue weighted by Gasteiger charge is 2.30. The van der Waals surface area contributed by atoms with E-state index in [0.717, 1.165) is 44.9 Å². The molecule has 1 heterocycles. The van der Waals surface area contributed by atoms with Gasteiger partial charge in [0.25, 0.3) is 0 Å². The minimum absolute atomic E-state index is 0.0489. The van der Waals surface area contributed by atoms with Crippen LogP contribution in [0.15, 0.2) is 88.4 Å². The molecule has 0 saturated heterocycles. The number of benzene rings is 3. The number of halogens is 1. The summed E-state index contributed by atoms with van der Waals surface area (Å²) in [4.78, 5) is 0. The van der Waals surface area contributed by atoms with Crippen molar-refractivity contribution in [3.05, 3.63) is 94.5 Å². The van der Waals surface area contributed by atoms with Gasteiger partial charge in [-0.3, -0.25) is 5.01 Å². The molecule has 0 aliphatic carbocycles. The van der Waals surface area contributed by atoms with Crippen molar-refractivity contribution in [1.82, 2.24) is 0 Å². The first-order valence-electron chi connectivity index (χ1n) is 9.76. The fraction of sp³-hybridized carbons (Fsp3) is 0.160. The van der Waals surface area contributed by atoms with Gasteiger partial charge >= 0.3 is 0 Å². The van der Waals surface area contributed by atoms with Gasteiger partial charge in [0.15, 0.2) is 0 Å². The molecular formula is C25H23BrN2O2. The fourth-order valence-corrected chi connectivity index (χ4v) is 4.05. The summed E-state index contributed by atoms with van der Waals surface area (Å²) in [6, 6.07) is 24.4. The van der Waals surface area contributed by atoms with Gasteiger partial charge in [-0.1, -0.05) is 58.4 Å². The number of anilines is 1. The van der Waals surface area contributed by atoms with Crippen LogP contribution in [0.4, 0.5) is 5.69 Å². The molecule has 0 saturated carbocycles. The Kier molecular flexibility index (Phi) is 6.19. The monoisotopic (exact) mass is 462 g/mol. The highest BCUT2D eigenvalue weighted by Crippen LogP contribution is 2.40. The Hall–Kier alpha value is -3.05. The van der Waals surface area contributed by atoms with E-state index in [1.807, 2.05) is 54.6 Å². The van der Waals surface area contributed by atoms with Gasteiger partial charge in [-0.15, -0.1) is 0 Å². The molecule has 1 atom stereocenters. The van der Waals surface area contributed by atoms with Gasteiger partial charge < -0.3 is 9.47 Å². The van der Waals surface area contributed by atoms with Crippen LogP contribution in [0.3, 0.4) is 0 Å². The maximum absolute atomic E-state index is 5.64. The number of allylic oxidation sites excluding steroid dienone is 1. The zero-order valence-electron chi connectivity index (χ0n) is 17.0. The van der Waals surface area contributed by atoms with Crippen molar-refractivity contribution in [2.75, 3.05) is 19.2 Å². The summed E-state index contributed by atoms with van der Waals surface area (Å²) in [6.07, 6.45) is 4.90. The minimum atomic E-state index is 0.0489. The lowest BCUT2D eigenvalue weighted by Crippen LogP contribution is -2.19. The highest BCUT2D eigenvalue weighted by molar-refractivity contribution is 9.10. The SMILES string of the molecule is COc1ccccc1/C=C\C1=NN(c2cccc(Br)c2)[C@H](c2ccccc2OC)C1. The van der Waals surface area contributed by atoms with Crippen molar-refractivity contribution in [3.8, 4) is 11.5 Å². The van der Waals surface area contributed by atoms with Crippen LogP contribution in [0.2, 0.25) is 0 Å². The summed E-state index contributed by atoms with van der Waals surface area (Å²) < 4.78 is 12.1. The Balaban J connectivity index is 1.71. The average Bonchev–Trinajstić information content (AvgIpc) is 3.22. The Bertz CT molecular complexity index is 1090. The molecule has 0 spiro atoms. The van der Waals surface area contributed by atoms with Gasteiger partial charge in [0.05, 0.1) is 31.7 Å². The van der Waals surface area contributed by atoms with Crippen molar-refractivity contribution in [3.63, 3.8) is 0 Å². The van der Waals surface area contributed by atoms with E-state index in [1.54, 1.807) is 14.2 Å². The van der Waals surface area contributed by atoms with Crippen LogP contribution in [0.25, 0.3) is 6.08 Å². The molecule has 152 valence electrons. The second kappa shape index (κ2) is 9.18. The molecule has 3 aromatic carbocycles. The standard InChI is InChI=1S/C25H23BrN2O2/c1-29-24-12-5-3-8-18(24)14-15-20-17-23(22-11-4-6-13-25(22)30-2)28(27-20)21-10-7-9-19(26)16-21/h3-16,23H,17H2,1-2H3/b15-14-/t23-/m0/s1. The molecule has 0 radical (unpaired) electrons. The first-order valence-corrected chi connectivity index (χ1v) is 10.5. The van der Waals surface area contributed by atoms with Crippen molar-refractivity contribution in [2.45, 2.75) is 12.5 Å². The van der Waals surface area contributed by atoms with E-state index in [1.165, 1.54) is 0 Å². The Morgan fingerprint density at radius 2 is 1.63 bits per heavy atom. The van der Waals surface area contributed by atoms with Crippen LogP contribution in [0.5, 0.6) is 11.5 Å². The van der Waals surface area contributed by atoms with Gasteiger partial charge in [0, 0.05) is 22.0 Å². The number of hydrogen-bond donors (Lipinski definition) is 0. The van der Waals surface area contributed by atoms with E-state index < -0.39 is 0 Å². The van der Waals surface area contributed by atoms with E-state index in [9.17, 15) is 0 Å². The van der Waals surface area contributed by atoms with Crippen LogP contribution in [0, 0.1) is 0 Å². The summed E-state index contributed by atoms with van der Waals surface area (Å²) in [6.45, 7) is 0. The van der Waals surface area contributed by atoms with Crippen molar-refractivity contribution in [1.29, 1.82) is 0 Å². The number of hydrogen-bond acceptors (Lipinski definition) is 4. The second-order valence-electron chi connectivity index (χ2n) is 6.95. The van der Waals surface area contributed by atoms with Crippen molar-refractivity contribution in [2.24, 2.45) is 5.10 Å². The van der Waals surface area contributed by atoms with Gasteiger partial charge in [0.1, 0.15) is 11.5 Å². The summed E-state index contributed by atoms with van der Waals surface area (Å²) in [5.74, 6) is 1.71. The predicted octanol–water partition coefficient (Wildman–Crippen LogP) is 6.49. The van der Waals surface area contributed by atoms with E-state index in [0.29, 0.717) is 0 Å². The third-order valence-corrected chi connectivity index (χ3v) is 5.59. The van der Waals surface area contributed by atoms with E-state index in [-0.39, 0.29) is 6.04 Å². The Morgan fingerprint density at radius 3 is 2.40 bits per heavy atom. The van der Waals surface area contributed by atoms with Crippen LogP contribution in [-0.4, -0.2) is 19.9 Å². The number of nitrogens with zero attached hydrogens (tertiary/aromatic N) is 2. The maximum atomic E-state index is 5.64. The lowest BCUT2D eigenvalue weighted by molar-refractivity contribution is 0.405.